The molecule has 0 saturated carbocycles. The van der Waals surface area contributed by atoms with Crippen LogP contribution in [0.4, 0.5) is 0 Å². The van der Waals surface area contributed by atoms with Crippen LogP contribution in [-0.2, 0) is 5.41 Å². The Morgan fingerprint density at radius 1 is 1.15 bits per heavy atom. The topological polar surface area (TPSA) is 39.2 Å². The van der Waals surface area contributed by atoms with Crippen molar-refractivity contribution < 1.29 is 9.53 Å². The minimum atomic E-state index is 0.169. The predicted octanol–water partition coefficient (Wildman–Crippen LogP) is 4.37. The van der Waals surface area contributed by atoms with Gasteiger partial charge in [0.2, 0.25) is 5.88 Å². The molecule has 0 spiro atoms. The van der Waals surface area contributed by atoms with Crippen molar-refractivity contribution in [3.63, 3.8) is 0 Å². The van der Waals surface area contributed by atoms with Crippen molar-refractivity contribution in [1.29, 1.82) is 0 Å². The standard InChI is InChI=1S/C17H19NO2/c1-4-17(2,3)14-6-8-15(9-7-14)20-16-10-5-13(12-19)11-18-16/h5-12H,4H2,1-3H3. The molecule has 3 heteroatoms. The van der Waals surface area contributed by atoms with Gasteiger partial charge in [-0.25, -0.2) is 4.98 Å². The Hall–Kier alpha value is -2.16. The molecule has 3 nitrogen and oxygen atoms in total. The van der Waals surface area contributed by atoms with Crippen LogP contribution in [0.25, 0.3) is 0 Å². The van der Waals surface area contributed by atoms with E-state index in [0.29, 0.717) is 11.4 Å². The second-order valence-corrected chi connectivity index (χ2v) is 5.41. The zero-order valence-corrected chi connectivity index (χ0v) is 12.1. The minimum absolute atomic E-state index is 0.169. The van der Waals surface area contributed by atoms with Crippen LogP contribution < -0.4 is 4.74 Å². The average Bonchev–Trinajstić information content (AvgIpc) is 2.48. The van der Waals surface area contributed by atoms with Gasteiger partial charge in [-0.15, -0.1) is 0 Å². The summed E-state index contributed by atoms with van der Waals surface area (Å²) in [7, 11) is 0. The number of carbonyl (C=O) groups excluding carboxylic acids is 1. The van der Waals surface area contributed by atoms with E-state index in [2.05, 4.69) is 37.9 Å². The second kappa shape index (κ2) is 5.87. The lowest BCUT2D eigenvalue weighted by atomic mass is 9.82. The molecule has 0 aliphatic heterocycles. The van der Waals surface area contributed by atoms with Gasteiger partial charge in [0.25, 0.3) is 0 Å². The van der Waals surface area contributed by atoms with Crippen molar-refractivity contribution in [2.45, 2.75) is 32.6 Å². The molecule has 0 radical (unpaired) electrons. The Morgan fingerprint density at radius 3 is 2.35 bits per heavy atom. The van der Waals surface area contributed by atoms with Gasteiger partial charge in [0, 0.05) is 17.8 Å². The number of carbonyl (C=O) groups is 1. The quantitative estimate of drug-likeness (QED) is 0.756. The van der Waals surface area contributed by atoms with E-state index in [0.717, 1.165) is 18.5 Å². The Kier molecular flexibility index (Phi) is 4.18. The van der Waals surface area contributed by atoms with Gasteiger partial charge in [0.05, 0.1) is 0 Å². The summed E-state index contributed by atoms with van der Waals surface area (Å²) in [5.74, 6) is 1.23. The van der Waals surface area contributed by atoms with E-state index in [1.54, 1.807) is 12.1 Å². The first-order valence-corrected chi connectivity index (χ1v) is 6.75. The zero-order valence-electron chi connectivity index (χ0n) is 12.1. The van der Waals surface area contributed by atoms with Crippen LogP contribution in [0.5, 0.6) is 11.6 Å². The second-order valence-electron chi connectivity index (χ2n) is 5.41. The lowest BCUT2D eigenvalue weighted by molar-refractivity contribution is 0.112. The molecule has 0 saturated heterocycles. The largest absolute Gasteiger partial charge is 0.439 e. The summed E-state index contributed by atoms with van der Waals surface area (Å²) < 4.78 is 5.65. The zero-order chi connectivity index (χ0) is 14.6. The molecule has 104 valence electrons. The fraction of sp³-hybridized carbons (Fsp3) is 0.294. The van der Waals surface area contributed by atoms with Crippen LogP contribution in [0, 0.1) is 0 Å². The number of nitrogens with zero attached hydrogens (tertiary/aromatic N) is 1. The van der Waals surface area contributed by atoms with E-state index in [-0.39, 0.29) is 5.41 Å². The molecule has 0 aliphatic rings. The number of benzene rings is 1. The molecule has 2 aromatic rings. The van der Waals surface area contributed by atoms with Crippen molar-refractivity contribution in [2.75, 3.05) is 0 Å². The molecule has 0 atom stereocenters. The number of aldehydes is 1. The number of aromatic nitrogens is 1. The van der Waals surface area contributed by atoms with Gasteiger partial charge in [-0.1, -0.05) is 32.9 Å². The van der Waals surface area contributed by atoms with Gasteiger partial charge >= 0.3 is 0 Å². The van der Waals surface area contributed by atoms with Crippen LogP contribution in [0.2, 0.25) is 0 Å². The first-order chi connectivity index (χ1) is 9.55. The van der Waals surface area contributed by atoms with Crippen LogP contribution in [-0.4, -0.2) is 11.3 Å². The third-order valence-electron chi connectivity index (χ3n) is 3.64. The minimum Gasteiger partial charge on any atom is -0.439 e. The van der Waals surface area contributed by atoms with Gasteiger partial charge in [-0.3, -0.25) is 4.79 Å². The first kappa shape index (κ1) is 14.3. The fourth-order valence-electron chi connectivity index (χ4n) is 1.82. The molecule has 2 rings (SSSR count). The molecule has 0 bridgehead atoms. The van der Waals surface area contributed by atoms with Crippen molar-refractivity contribution >= 4 is 6.29 Å². The molecule has 1 aromatic carbocycles. The molecule has 0 N–H and O–H groups in total. The van der Waals surface area contributed by atoms with E-state index >= 15 is 0 Å². The van der Waals surface area contributed by atoms with E-state index in [1.165, 1.54) is 11.8 Å². The number of pyridine rings is 1. The number of ether oxygens (including phenoxy) is 1. The van der Waals surface area contributed by atoms with Crippen LogP contribution in [0.1, 0.15) is 43.1 Å². The van der Waals surface area contributed by atoms with Crippen molar-refractivity contribution in [2.24, 2.45) is 0 Å². The third kappa shape index (κ3) is 3.23. The molecular weight excluding hydrogens is 250 g/mol. The fourth-order valence-corrected chi connectivity index (χ4v) is 1.82. The summed E-state index contributed by atoms with van der Waals surface area (Å²) in [6, 6.07) is 11.4. The molecule has 1 aromatic heterocycles. The van der Waals surface area contributed by atoms with Gasteiger partial charge in [0.1, 0.15) is 5.75 Å². The SMILES string of the molecule is CCC(C)(C)c1ccc(Oc2ccc(C=O)cn2)cc1. The van der Waals surface area contributed by atoms with E-state index in [4.69, 9.17) is 4.74 Å². The van der Waals surface area contributed by atoms with E-state index in [1.807, 2.05) is 12.1 Å². The lowest BCUT2D eigenvalue weighted by Crippen LogP contribution is -2.14. The molecule has 0 amide bonds. The number of hydrogen-bond acceptors (Lipinski definition) is 3. The summed E-state index contributed by atoms with van der Waals surface area (Å²) in [5.41, 5.74) is 2.00. The maximum Gasteiger partial charge on any atom is 0.219 e. The highest BCUT2D eigenvalue weighted by Crippen LogP contribution is 2.29. The normalized spacial score (nSPS) is 11.2. The summed E-state index contributed by atoms with van der Waals surface area (Å²) in [6.07, 6.45) is 3.34. The maximum atomic E-state index is 10.6. The first-order valence-electron chi connectivity index (χ1n) is 6.75. The third-order valence-corrected chi connectivity index (χ3v) is 3.64. The van der Waals surface area contributed by atoms with E-state index < -0.39 is 0 Å². The van der Waals surface area contributed by atoms with Gasteiger partial charge in [-0.05, 0) is 35.6 Å². The number of rotatable bonds is 5. The highest BCUT2D eigenvalue weighted by molar-refractivity contribution is 5.74. The Balaban J connectivity index is 2.12. The molecule has 0 fully saturated rings. The molecule has 0 aliphatic carbocycles. The van der Waals surface area contributed by atoms with Gasteiger partial charge in [-0.2, -0.15) is 0 Å². The average molecular weight is 269 g/mol. The summed E-state index contributed by atoms with van der Waals surface area (Å²) in [4.78, 5) is 14.6. The van der Waals surface area contributed by atoms with Crippen molar-refractivity contribution in [3.05, 3.63) is 53.7 Å². The van der Waals surface area contributed by atoms with Crippen LogP contribution in [0.3, 0.4) is 0 Å². The highest BCUT2D eigenvalue weighted by Gasteiger charge is 2.17. The molecular formula is C17H19NO2. The van der Waals surface area contributed by atoms with Crippen LogP contribution in [0.15, 0.2) is 42.6 Å². The summed E-state index contributed by atoms with van der Waals surface area (Å²) >= 11 is 0. The maximum absolute atomic E-state index is 10.6. The molecule has 0 unspecified atom stereocenters. The number of hydrogen-bond donors (Lipinski definition) is 0. The van der Waals surface area contributed by atoms with Crippen molar-refractivity contribution in [1.82, 2.24) is 4.98 Å². The Bertz CT molecular complexity index is 571. The van der Waals surface area contributed by atoms with Gasteiger partial charge < -0.3 is 4.74 Å². The van der Waals surface area contributed by atoms with Crippen LogP contribution >= 0.6 is 0 Å². The highest BCUT2D eigenvalue weighted by atomic mass is 16.5. The molecule has 20 heavy (non-hydrogen) atoms. The molecule has 1 heterocycles. The van der Waals surface area contributed by atoms with E-state index in [9.17, 15) is 4.79 Å². The Labute approximate surface area is 119 Å². The lowest BCUT2D eigenvalue weighted by Gasteiger charge is -2.23. The summed E-state index contributed by atoms with van der Waals surface area (Å²) in [6.45, 7) is 6.63. The Morgan fingerprint density at radius 2 is 1.85 bits per heavy atom. The van der Waals surface area contributed by atoms with Gasteiger partial charge in [0.15, 0.2) is 6.29 Å². The smallest absolute Gasteiger partial charge is 0.219 e. The van der Waals surface area contributed by atoms with Crippen molar-refractivity contribution in [3.8, 4) is 11.6 Å². The summed E-state index contributed by atoms with van der Waals surface area (Å²) in [5, 5.41) is 0. The predicted molar refractivity (Wildman–Crippen MR) is 79.5 cm³/mol. The monoisotopic (exact) mass is 269 g/mol.